The highest BCUT2D eigenvalue weighted by Gasteiger charge is 2.42. The van der Waals surface area contributed by atoms with E-state index in [1.54, 1.807) is 6.33 Å². The van der Waals surface area contributed by atoms with E-state index in [-0.39, 0.29) is 5.60 Å². The molecule has 4 nitrogen and oxygen atoms in total. The Balaban J connectivity index is 1.35. The van der Waals surface area contributed by atoms with E-state index in [0.29, 0.717) is 5.92 Å². The van der Waals surface area contributed by atoms with Crippen molar-refractivity contribution in [3.63, 3.8) is 0 Å². The topological polar surface area (TPSA) is 41.1 Å². The van der Waals surface area contributed by atoms with E-state index in [9.17, 15) is 0 Å². The molecule has 4 heteroatoms. The van der Waals surface area contributed by atoms with Crippen LogP contribution in [0.4, 0.5) is 0 Å². The molecule has 0 radical (unpaired) electrons. The van der Waals surface area contributed by atoms with Crippen molar-refractivity contribution in [2.45, 2.75) is 37.3 Å². The minimum Gasteiger partial charge on any atom is -0.374 e. The van der Waals surface area contributed by atoms with Crippen molar-refractivity contribution in [1.82, 2.24) is 14.9 Å². The quantitative estimate of drug-likeness (QED) is 0.947. The van der Waals surface area contributed by atoms with Crippen molar-refractivity contribution >= 4 is 0 Å². The summed E-state index contributed by atoms with van der Waals surface area (Å²) in [5.41, 5.74) is 2.75. The van der Waals surface area contributed by atoms with Crippen LogP contribution in [-0.4, -0.2) is 40.2 Å². The molecule has 2 aliphatic heterocycles. The SMILES string of the molecule is c1ccc([C@@H]2COC3(CCN(Cc4cnc[nH]4)CC3)C2)cc1. The van der Waals surface area contributed by atoms with Crippen molar-refractivity contribution in [3.05, 3.63) is 54.1 Å². The molecule has 2 saturated heterocycles. The minimum atomic E-state index is 0.116. The normalized spacial score (nSPS) is 24.8. The van der Waals surface area contributed by atoms with Gasteiger partial charge in [-0.2, -0.15) is 0 Å². The fourth-order valence-electron chi connectivity index (χ4n) is 3.86. The molecule has 22 heavy (non-hydrogen) atoms. The molecule has 0 amide bonds. The van der Waals surface area contributed by atoms with Crippen LogP contribution < -0.4 is 0 Å². The Labute approximate surface area is 131 Å². The molecule has 1 atom stereocenters. The third-order valence-corrected chi connectivity index (χ3v) is 5.20. The van der Waals surface area contributed by atoms with Gasteiger partial charge < -0.3 is 9.72 Å². The van der Waals surface area contributed by atoms with Gasteiger partial charge in [-0.25, -0.2) is 4.98 Å². The van der Waals surface area contributed by atoms with Gasteiger partial charge in [0.15, 0.2) is 0 Å². The number of ether oxygens (including phenoxy) is 1. The largest absolute Gasteiger partial charge is 0.374 e. The fraction of sp³-hybridized carbons (Fsp3) is 0.500. The highest BCUT2D eigenvalue weighted by atomic mass is 16.5. The summed E-state index contributed by atoms with van der Waals surface area (Å²) in [6, 6.07) is 10.8. The molecule has 116 valence electrons. The Morgan fingerprint density at radius 3 is 2.77 bits per heavy atom. The predicted molar refractivity (Wildman–Crippen MR) is 85.6 cm³/mol. The molecule has 0 unspecified atom stereocenters. The lowest BCUT2D eigenvalue weighted by molar-refractivity contribution is -0.0450. The molecule has 2 fully saturated rings. The number of H-pyrrole nitrogens is 1. The number of nitrogens with zero attached hydrogens (tertiary/aromatic N) is 2. The van der Waals surface area contributed by atoms with Crippen molar-refractivity contribution < 1.29 is 4.74 Å². The van der Waals surface area contributed by atoms with Gasteiger partial charge in [0, 0.05) is 37.4 Å². The number of hydrogen-bond acceptors (Lipinski definition) is 3. The summed E-state index contributed by atoms with van der Waals surface area (Å²) in [6.45, 7) is 4.07. The van der Waals surface area contributed by atoms with E-state index in [2.05, 4.69) is 45.2 Å². The number of rotatable bonds is 3. The molecule has 0 aliphatic carbocycles. The van der Waals surface area contributed by atoms with Crippen LogP contribution in [0.1, 0.15) is 36.4 Å². The first-order chi connectivity index (χ1) is 10.8. The second-order valence-corrected chi connectivity index (χ2v) is 6.66. The number of imidazole rings is 1. The lowest BCUT2D eigenvalue weighted by atomic mass is 9.83. The summed E-state index contributed by atoms with van der Waals surface area (Å²) in [5.74, 6) is 0.570. The van der Waals surface area contributed by atoms with Gasteiger partial charge in [0.2, 0.25) is 0 Å². The number of aromatic amines is 1. The minimum absolute atomic E-state index is 0.116. The van der Waals surface area contributed by atoms with Crippen molar-refractivity contribution in [2.24, 2.45) is 0 Å². The number of aromatic nitrogens is 2. The van der Waals surface area contributed by atoms with Crippen LogP contribution in [0, 0.1) is 0 Å². The molecule has 2 aliphatic rings. The van der Waals surface area contributed by atoms with Gasteiger partial charge in [0.1, 0.15) is 0 Å². The second kappa shape index (κ2) is 5.86. The van der Waals surface area contributed by atoms with Crippen LogP contribution in [0.15, 0.2) is 42.9 Å². The predicted octanol–water partition coefficient (Wildman–Crippen LogP) is 2.95. The molecule has 3 heterocycles. The van der Waals surface area contributed by atoms with Crippen LogP contribution in [0.3, 0.4) is 0 Å². The van der Waals surface area contributed by atoms with Gasteiger partial charge in [-0.05, 0) is 24.8 Å². The zero-order valence-corrected chi connectivity index (χ0v) is 12.9. The summed E-state index contributed by atoms with van der Waals surface area (Å²) in [7, 11) is 0. The van der Waals surface area contributed by atoms with Crippen molar-refractivity contribution in [3.8, 4) is 0 Å². The maximum Gasteiger partial charge on any atom is 0.0922 e. The summed E-state index contributed by atoms with van der Waals surface area (Å²) < 4.78 is 6.29. The monoisotopic (exact) mass is 297 g/mol. The van der Waals surface area contributed by atoms with E-state index < -0.39 is 0 Å². The number of nitrogens with one attached hydrogen (secondary N) is 1. The Kier molecular flexibility index (Phi) is 3.72. The van der Waals surface area contributed by atoms with Crippen LogP contribution >= 0.6 is 0 Å². The Hall–Kier alpha value is -1.65. The molecule has 4 rings (SSSR count). The Morgan fingerprint density at radius 2 is 2.05 bits per heavy atom. The summed E-state index contributed by atoms with van der Waals surface area (Å²) in [6.07, 6.45) is 7.14. The summed E-state index contributed by atoms with van der Waals surface area (Å²) in [4.78, 5) is 9.78. The standard InChI is InChI=1S/C18H23N3O/c1-2-4-15(5-3-1)16-10-18(22-13-16)6-8-21(9-7-18)12-17-11-19-14-20-17/h1-5,11,14,16H,6-10,12-13H2,(H,19,20)/t16-/m0/s1. The molecule has 1 spiro atoms. The number of piperidine rings is 1. The van der Waals surface area contributed by atoms with Gasteiger partial charge in [-0.3, -0.25) is 4.90 Å². The number of benzene rings is 1. The van der Waals surface area contributed by atoms with Gasteiger partial charge in [-0.1, -0.05) is 30.3 Å². The van der Waals surface area contributed by atoms with E-state index in [4.69, 9.17) is 4.74 Å². The number of hydrogen-bond donors (Lipinski definition) is 1. The van der Waals surface area contributed by atoms with Crippen molar-refractivity contribution in [2.75, 3.05) is 19.7 Å². The third-order valence-electron chi connectivity index (χ3n) is 5.20. The van der Waals surface area contributed by atoms with Gasteiger partial charge in [0.05, 0.1) is 18.5 Å². The molecule has 2 aromatic rings. The molecular formula is C18H23N3O. The summed E-state index contributed by atoms with van der Waals surface area (Å²) >= 11 is 0. The van der Waals surface area contributed by atoms with Crippen LogP contribution in [0.25, 0.3) is 0 Å². The fourth-order valence-corrected chi connectivity index (χ4v) is 3.86. The average molecular weight is 297 g/mol. The Bertz CT molecular complexity index is 588. The maximum atomic E-state index is 6.29. The van der Waals surface area contributed by atoms with E-state index in [0.717, 1.165) is 39.1 Å². The molecule has 0 saturated carbocycles. The lowest BCUT2D eigenvalue weighted by Crippen LogP contribution is -2.43. The highest BCUT2D eigenvalue weighted by molar-refractivity contribution is 5.21. The zero-order chi connectivity index (χ0) is 14.8. The maximum absolute atomic E-state index is 6.29. The average Bonchev–Trinajstić information content (AvgIpc) is 3.21. The second-order valence-electron chi connectivity index (χ2n) is 6.66. The first-order valence-electron chi connectivity index (χ1n) is 8.22. The van der Waals surface area contributed by atoms with E-state index in [1.165, 1.54) is 17.7 Å². The highest BCUT2D eigenvalue weighted by Crippen LogP contribution is 2.42. The van der Waals surface area contributed by atoms with E-state index >= 15 is 0 Å². The molecule has 1 aromatic carbocycles. The van der Waals surface area contributed by atoms with Gasteiger partial charge >= 0.3 is 0 Å². The van der Waals surface area contributed by atoms with Gasteiger partial charge in [-0.15, -0.1) is 0 Å². The molecular weight excluding hydrogens is 274 g/mol. The first kappa shape index (κ1) is 14.0. The first-order valence-corrected chi connectivity index (χ1v) is 8.22. The van der Waals surface area contributed by atoms with Crippen LogP contribution in [-0.2, 0) is 11.3 Å². The lowest BCUT2D eigenvalue weighted by Gasteiger charge is -2.38. The molecule has 1 N–H and O–H groups in total. The number of likely N-dealkylation sites (tertiary alicyclic amines) is 1. The smallest absolute Gasteiger partial charge is 0.0922 e. The van der Waals surface area contributed by atoms with E-state index in [1.807, 2.05) is 6.20 Å². The molecule has 0 bridgehead atoms. The van der Waals surface area contributed by atoms with Crippen LogP contribution in [0.5, 0.6) is 0 Å². The van der Waals surface area contributed by atoms with Gasteiger partial charge in [0.25, 0.3) is 0 Å². The Morgan fingerprint density at radius 1 is 1.23 bits per heavy atom. The molecule has 1 aromatic heterocycles. The van der Waals surface area contributed by atoms with Crippen LogP contribution in [0.2, 0.25) is 0 Å². The summed E-state index contributed by atoms with van der Waals surface area (Å²) in [5, 5.41) is 0. The third kappa shape index (κ3) is 2.81. The van der Waals surface area contributed by atoms with Crippen molar-refractivity contribution in [1.29, 1.82) is 0 Å². The zero-order valence-electron chi connectivity index (χ0n) is 12.9.